The van der Waals surface area contributed by atoms with Crippen LogP contribution in [0.4, 0.5) is 0 Å². The molecule has 0 spiro atoms. The van der Waals surface area contributed by atoms with Gasteiger partial charge in [-0.25, -0.2) is 0 Å². The van der Waals surface area contributed by atoms with Crippen LogP contribution in [0.25, 0.3) is 0 Å². The van der Waals surface area contributed by atoms with Gasteiger partial charge in [0.25, 0.3) is 11.8 Å². The number of fused-ring (bicyclic) bond motifs is 2. The molecule has 3 N–H and O–H groups in total. The number of nitrogens with two attached hydrogens (primary N) is 1. The van der Waals surface area contributed by atoms with Crippen molar-refractivity contribution in [1.29, 1.82) is 0 Å². The molecule has 1 aromatic heterocycles. The molecule has 8 nitrogen and oxygen atoms in total. The van der Waals surface area contributed by atoms with Crippen LogP contribution in [0.1, 0.15) is 40.6 Å². The van der Waals surface area contributed by atoms with Gasteiger partial charge in [0.15, 0.2) is 17.7 Å². The van der Waals surface area contributed by atoms with Crippen molar-refractivity contribution in [3.63, 3.8) is 0 Å². The SMILES string of the molecule is CCC1CCN2C(=O)c3c(O)c(=O)c(C(N)=O)cn3CC2O1. The highest BCUT2D eigenvalue weighted by molar-refractivity contribution is 5.98. The number of carbonyl (C=O) groups is 2. The Kier molecular flexibility index (Phi) is 3.40. The standard InChI is InChI=1S/C14H17N3O5/c1-2-7-3-4-17-9(22-7)6-16-5-8(13(15)20)11(18)12(19)10(16)14(17)21/h5,7,9,19H,2-4,6H2,1H3,(H2,15,20). The van der Waals surface area contributed by atoms with Gasteiger partial charge in [-0.1, -0.05) is 6.92 Å². The monoisotopic (exact) mass is 307 g/mol. The number of hydrogen-bond acceptors (Lipinski definition) is 5. The molecule has 0 aromatic carbocycles. The Morgan fingerprint density at radius 1 is 1.50 bits per heavy atom. The van der Waals surface area contributed by atoms with Gasteiger partial charge in [0.2, 0.25) is 5.43 Å². The van der Waals surface area contributed by atoms with Crippen molar-refractivity contribution in [2.24, 2.45) is 5.73 Å². The van der Waals surface area contributed by atoms with E-state index in [2.05, 4.69) is 0 Å². The summed E-state index contributed by atoms with van der Waals surface area (Å²) in [4.78, 5) is 37.2. The molecule has 2 aliphatic heterocycles. The van der Waals surface area contributed by atoms with Crippen molar-refractivity contribution < 1.29 is 19.4 Å². The molecule has 1 saturated heterocycles. The van der Waals surface area contributed by atoms with Gasteiger partial charge in [-0.2, -0.15) is 0 Å². The van der Waals surface area contributed by atoms with E-state index < -0.39 is 29.2 Å². The first-order valence-electron chi connectivity index (χ1n) is 7.16. The van der Waals surface area contributed by atoms with E-state index in [0.717, 1.165) is 6.42 Å². The number of aromatic hydroxyl groups is 1. The second-order valence-corrected chi connectivity index (χ2v) is 5.49. The Balaban J connectivity index is 2.08. The molecule has 2 amide bonds. The maximum Gasteiger partial charge on any atom is 0.276 e. The van der Waals surface area contributed by atoms with Crippen molar-refractivity contribution >= 4 is 11.8 Å². The van der Waals surface area contributed by atoms with E-state index in [1.807, 2.05) is 6.92 Å². The lowest BCUT2D eigenvalue weighted by molar-refractivity contribution is -0.134. The van der Waals surface area contributed by atoms with Crippen LogP contribution in [0.15, 0.2) is 11.0 Å². The Bertz CT molecular complexity index is 711. The highest BCUT2D eigenvalue weighted by Gasteiger charge is 2.39. The van der Waals surface area contributed by atoms with Crippen LogP contribution < -0.4 is 11.2 Å². The molecule has 2 unspecified atom stereocenters. The number of aromatic nitrogens is 1. The van der Waals surface area contributed by atoms with Crippen LogP contribution in [0.3, 0.4) is 0 Å². The van der Waals surface area contributed by atoms with Gasteiger partial charge in [-0.15, -0.1) is 0 Å². The molecule has 3 heterocycles. The molecular weight excluding hydrogens is 290 g/mol. The number of nitrogens with zero attached hydrogens (tertiary/aromatic N) is 2. The fraction of sp³-hybridized carbons (Fsp3) is 0.500. The normalized spacial score (nSPS) is 23.9. The molecule has 3 rings (SSSR count). The number of ether oxygens (including phenoxy) is 1. The van der Waals surface area contributed by atoms with E-state index >= 15 is 0 Å². The number of hydrogen-bond donors (Lipinski definition) is 2. The molecule has 8 heteroatoms. The molecule has 0 saturated carbocycles. The van der Waals surface area contributed by atoms with Crippen LogP contribution >= 0.6 is 0 Å². The second-order valence-electron chi connectivity index (χ2n) is 5.49. The summed E-state index contributed by atoms with van der Waals surface area (Å²) in [6.07, 6.45) is 2.37. The molecule has 1 fully saturated rings. The third kappa shape index (κ3) is 2.07. The first-order chi connectivity index (χ1) is 10.4. The largest absolute Gasteiger partial charge is 0.503 e. The lowest BCUT2D eigenvalue weighted by Gasteiger charge is -2.43. The maximum absolute atomic E-state index is 12.5. The fourth-order valence-corrected chi connectivity index (χ4v) is 2.96. The topological polar surface area (TPSA) is 115 Å². The first kappa shape index (κ1) is 14.6. The molecule has 118 valence electrons. The van der Waals surface area contributed by atoms with E-state index in [4.69, 9.17) is 10.5 Å². The zero-order valence-corrected chi connectivity index (χ0v) is 12.1. The summed E-state index contributed by atoms with van der Waals surface area (Å²) in [6, 6.07) is 0. The number of rotatable bonds is 2. The second kappa shape index (κ2) is 5.13. The highest BCUT2D eigenvalue weighted by atomic mass is 16.5. The molecular formula is C14H17N3O5. The van der Waals surface area contributed by atoms with Crippen LogP contribution in [0.2, 0.25) is 0 Å². The van der Waals surface area contributed by atoms with Gasteiger partial charge >= 0.3 is 0 Å². The maximum atomic E-state index is 12.5. The summed E-state index contributed by atoms with van der Waals surface area (Å²) in [7, 11) is 0. The average Bonchev–Trinajstić information content (AvgIpc) is 2.49. The van der Waals surface area contributed by atoms with Crippen LogP contribution in [-0.4, -0.2) is 45.3 Å². The summed E-state index contributed by atoms with van der Waals surface area (Å²) >= 11 is 0. The minimum absolute atomic E-state index is 0.0687. The van der Waals surface area contributed by atoms with Crippen LogP contribution in [0, 0.1) is 0 Å². The lowest BCUT2D eigenvalue weighted by atomic mass is 10.1. The summed E-state index contributed by atoms with van der Waals surface area (Å²) in [5, 5.41) is 10.0. The van der Waals surface area contributed by atoms with Crippen molar-refractivity contribution in [2.75, 3.05) is 6.54 Å². The first-order valence-corrected chi connectivity index (χ1v) is 7.16. The molecule has 1 aromatic rings. The number of carbonyl (C=O) groups excluding carboxylic acids is 2. The number of amides is 2. The van der Waals surface area contributed by atoms with Gasteiger partial charge in [0.05, 0.1) is 12.6 Å². The van der Waals surface area contributed by atoms with Crippen molar-refractivity contribution in [1.82, 2.24) is 9.47 Å². The predicted octanol–water partition coefficient (Wildman–Crippen LogP) is -0.366. The van der Waals surface area contributed by atoms with E-state index in [9.17, 15) is 19.5 Å². The smallest absolute Gasteiger partial charge is 0.276 e. The zero-order chi connectivity index (χ0) is 16.0. The molecule has 22 heavy (non-hydrogen) atoms. The summed E-state index contributed by atoms with van der Waals surface area (Å²) in [5.74, 6) is -2.16. The Morgan fingerprint density at radius 2 is 2.23 bits per heavy atom. The van der Waals surface area contributed by atoms with Gasteiger partial charge in [-0.05, 0) is 12.8 Å². The van der Waals surface area contributed by atoms with E-state index in [0.29, 0.717) is 13.0 Å². The minimum atomic E-state index is -0.943. The Morgan fingerprint density at radius 3 is 2.86 bits per heavy atom. The zero-order valence-electron chi connectivity index (χ0n) is 12.1. The Labute approximate surface area is 126 Å². The minimum Gasteiger partial charge on any atom is -0.503 e. The summed E-state index contributed by atoms with van der Waals surface area (Å²) < 4.78 is 7.22. The van der Waals surface area contributed by atoms with Gasteiger partial charge in [0.1, 0.15) is 5.56 Å². The summed E-state index contributed by atoms with van der Waals surface area (Å²) in [6.45, 7) is 2.76. The third-order valence-corrected chi connectivity index (χ3v) is 4.18. The van der Waals surface area contributed by atoms with E-state index in [1.54, 1.807) is 0 Å². The molecule has 0 radical (unpaired) electrons. The fourth-order valence-electron chi connectivity index (χ4n) is 2.96. The van der Waals surface area contributed by atoms with Gasteiger partial charge in [-0.3, -0.25) is 14.4 Å². The lowest BCUT2D eigenvalue weighted by Crippen LogP contribution is -2.55. The predicted molar refractivity (Wildman–Crippen MR) is 75.5 cm³/mol. The molecule has 2 atom stereocenters. The van der Waals surface area contributed by atoms with Crippen molar-refractivity contribution in [3.8, 4) is 5.75 Å². The number of primary amides is 1. The Hall–Kier alpha value is -2.35. The molecule has 2 aliphatic rings. The van der Waals surface area contributed by atoms with Crippen LogP contribution in [0.5, 0.6) is 5.75 Å². The summed E-state index contributed by atoms with van der Waals surface area (Å²) in [5.41, 5.74) is 3.75. The van der Waals surface area contributed by atoms with E-state index in [1.165, 1.54) is 15.7 Å². The quantitative estimate of drug-likeness (QED) is 0.774. The van der Waals surface area contributed by atoms with Crippen molar-refractivity contribution in [3.05, 3.63) is 27.7 Å². The van der Waals surface area contributed by atoms with E-state index in [-0.39, 0.29) is 23.9 Å². The highest BCUT2D eigenvalue weighted by Crippen LogP contribution is 2.28. The third-order valence-electron chi connectivity index (χ3n) is 4.18. The van der Waals surface area contributed by atoms with Gasteiger partial charge < -0.3 is 25.0 Å². The molecule has 0 bridgehead atoms. The number of pyridine rings is 1. The molecule has 0 aliphatic carbocycles. The van der Waals surface area contributed by atoms with Gasteiger partial charge in [0, 0.05) is 12.7 Å². The van der Waals surface area contributed by atoms with Crippen molar-refractivity contribution in [2.45, 2.75) is 38.6 Å². The van der Waals surface area contributed by atoms with Crippen LogP contribution in [-0.2, 0) is 11.3 Å². The average molecular weight is 307 g/mol.